The molecule has 0 saturated heterocycles. The Labute approximate surface area is 389 Å². The summed E-state index contributed by atoms with van der Waals surface area (Å²) < 4.78 is 47.6. The number of aliphatic hydroxyl groups is 4. The minimum atomic E-state index is -4.91. The maximum absolute atomic E-state index is 12.7. The summed E-state index contributed by atoms with van der Waals surface area (Å²) in [5.41, 5.74) is 0. The van der Waals surface area contributed by atoms with Crippen molar-refractivity contribution in [3.63, 3.8) is 0 Å². The summed E-state index contributed by atoms with van der Waals surface area (Å²) in [4.78, 5) is 52.9. The zero-order valence-corrected chi connectivity index (χ0v) is 41.1. The molecule has 18 heteroatoms. The maximum Gasteiger partial charge on any atom is 0.472 e. The summed E-state index contributed by atoms with van der Waals surface area (Å²) in [5.74, 6) is -0.520. The average molecular weight is 967 g/mol. The van der Waals surface area contributed by atoms with E-state index in [4.69, 9.17) is 23.8 Å². The number of phosphoric ester groups is 2. The van der Waals surface area contributed by atoms with Gasteiger partial charge in [-0.15, -0.1) is 0 Å². The smallest absolute Gasteiger partial charge is 0.462 e. The lowest BCUT2D eigenvalue weighted by Crippen LogP contribution is -2.30. The van der Waals surface area contributed by atoms with Gasteiger partial charge in [0, 0.05) is 12.8 Å². The summed E-state index contributed by atoms with van der Waals surface area (Å²) >= 11 is 0. The molecule has 7 N–H and O–H groups in total. The maximum atomic E-state index is 12.7. The third-order valence-electron chi connectivity index (χ3n) is 10.3. The van der Waals surface area contributed by atoms with E-state index in [0.29, 0.717) is 12.8 Å². The highest BCUT2D eigenvalue weighted by Gasteiger charge is 2.28. The van der Waals surface area contributed by atoms with Crippen LogP contribution in [0.25, 0.3) is 0 Å². The number of ether oxygens (including phenoxy) is 2. The first-order valence-electron chi connectivity index (χ1n) is 23.7. The van der Waals surface area contributed by atoms with E-state index in [-0.39, 0.29) is 25.7 Å². The van der Waals surface area contributed by atoms with E-state index >= 15 is 0 Å². The number of carbonyl (C=O) groups excluding carboxylic acids is 2. The monoisotopic (exact) mass is 967 g/mol. The summed E-state index contributed by atoms with van der Waals surface area (Å²) in [5, 5.41) is 40.2. The fourth-order valence-corrected chi connectivity index (χ4v) is 7.35. The van der Waals surface area contributed by atoms with Crippen LogP contribution in [0.1, 0.15) is 162 Å². The van der Waals surface area contributed by atoms with Crippen LogP contribution in [0.5, 0.6) is 0 Å². The minimum absolute atomic E-state index is 0.0569. The molecule has 0 aliphatic heterocycles. The van der Waals surface area contributed by atoms with Gasteiger partial charge in [-0.25, -0.2) is 9.13 Å². The van der Waals surface area contributed by atoms with Gasteiger partial charge in [-0.1, -0.05) is 178 Å². The number of allylic oxidation sites excluding steroid dienone is 7. The standard InChI is InChI=1S/C47H84O16P2/c1-4-6-23-30-41(48)31-25-20-17-18-21-26-32-44(50)45(51)33-28-35-46(52)59-38-43(39-62-65(57,58)61-37-42(49)36-60-64(54,55)56)63-47(53)34-27-22-16-14-12-10-8-7-9-11-13-15-19-24-29-40(3)5-2/h6,17-18,20-21,23,25-26,31-32,40-45,48-51H,4-5,7-16,19,22,24,27-30,33-39H2,1-3H3,(H,57,58)(H2,54,55,56)/b20-17+,21-18-,23-6-,31-25+,32-26-/t40?,41-,42+,43-,44+,45+/m1/s1. The summed E-state index contributed by atoms with van der Waals surface area (Å²) in [6.45, 7) is 3.54. The number of unbranched alkanes of at least 4 members (excludes halogenated alkanes) is 13. The van der Waals surface area contributed by atoms with Crippen molar-refractivity contribution in [3.8, 4) is 0 Å². The van der Waals surface area contributed by atoms with Crippen LogP contribution in [-0.4, -0.2) is 104 Å². The second-order valence-corrected chi connectivity index (χ2v) is 19.2. The molecule has 0 aromatic rings. The Hall–Kier alpha value is -2.30. The Balaban J connectivity index is 4.76. The fraction of sp³-hybridized carbons (Fsp3) is 0.745. The van der Waals surface area contributed by atoms with Crippen LogP contribution in [0.2, 0.25) is 0 Å². The van der Waals surface area contributed by atoms with Crippen molar-refractivity contribution >= 4 is 27.6 Å². The predicted octanol–water partition coefficient (Wildman–Crippen LogP) is 9.17. The Morgan fingerprint density at radius 2 is 1.08 bits per heavy atom. The highest BCUT2D eigenvalue weighted by molar-refractivity contribution is 7.47. The molecule has 65 heavy (non-hydrogen) atoms. The van der Waals surface area contributed by atoms with E-state index in [2.05, 4.69) is 22.9 Å². The number of aliphatic hydroxyl groups excluding tert-OH is 4. The highest BCUT2D eigenvalue weighted by atomic mass is 31.2. The lowest BCUT2D eigenvalue weighted by Gasteiger charge is -2.20. The van der Waals surface area contributed by atoms with Crippen LogP contribution in [0.15, 0.2) is 60.8 Å². The van der Waals surface area contributed by atoms with E-state index < -0.39 is 84.5 Å². The minimum Gasteiger partial charge on any atom is -0.462 e. The molecular formula is C47H84O16P2. The van der Waals surface area contributed by atoms with Crippen molar-refractivity contribution in [3.05, 3.63) is 60.8 Å². The van der Waals surface area contributed by atoms with E-state index in [0.717, 1.165) is 38.0 Å². The first-order valence-corrected chi connectivity index (χ1v) is 26.7. The Bertz CT molecular complexity index is 1440. The molecule has 0 aromatic carbocycles. The third kappa shape index (κ3) is 42.8. The molecule has 0 heterocycles. The molecule has 0 fully saturated rings. The zero-order valence-electron chi connectivity index (χ0n) is 39.3. The predicted molar refractivity (Wildman–Crippen MR) is 252 cm³/mol. The van der Waals surface area contributed by atoms with Crippen LogP contribution in [0.3, 0.4) is 0 Å². The lowest BCUT2D eigenvalue weighted by atomic mass is 9.99. The molecule has 0 aliphatic carbocycles. The highest BCUT2D eigenvalue weighted by Crippen LogP contribution is 2.44. The van der Waals surface area contributed by atoms with E-state index in [9.17, 15) is 44.0 Å². The number of rotatable bonds is 43. The zero-order chi connectivity index (χ0) is 48.6. The SMILES string of the molecule is CC/C=C\C[C@@H](O)/C=C/C=C/C=C\C=C/[C@H](O)[C@@H](O)CCCC(=O)OC[C@H](COP(=O)(O)OC[C@@H](O)COP(=O)(O)O)OC(=O)CCCCCCCCCCCCCCCCC(C)CC. The Morgan fingerprint density at radius 1 is 0.569 bits per heavy atom. The summed E-state index contributed by atoms with van der Waals surface area (Å²) in [6, 6.07) is 0. The second-order valence-electron chi connectivity index (χ2n) is 16.5. The summed E-state index contributed by atoms with van der Waals surface area (Å²) in [7, 11) is -9.80. The van der Waals surface area contributed by atoms with Gasteiger partial charge in [-0.2, -0.15) is 0 Å². The first-order chi connectivity index (χ1) is 31.0. The van der Waals surface area contributed by atoms with Gasteiger partial charge in [0.15, 0.2) is 6.10 Å². The topological polar surface area (TPSA) is 256 Å². The van der Waals surface area contributed by atoms with Gasteiger partial charge < -0.3 is 44.6 Å². The fourth-order valence-electron chi connectivity index (χ4n) is 6.20. The molecule has 0 spiro atoms. The largest absolute Gasteiger partial charge is 0.472 e. The lowest BCUT2D eigenvalue weighted by molar-refractivity contribution is -0.161. The molecule has 16 nitrogen and oxygen atoms in total. The van der Waals surface area contributed by atoms with Crippen LogP contribution in [-0.2, 0) is 41.8 Å². The van der Waals surface area contributed by atoms with Gasteiger partial charge in [0.1, 0.15) is 12.7 Å². The number of carbonyl (C=O) groups is 2. The van der Waals surface area contributed by atoms with Crippen LogP contribution >= 0.6 is 15.6 Å². The molecule has 0 radical (unpaired) electrons. The molecule has 0 aromatic heterocycles. The van der Waals surface area contributed by atoms with Gasteiger partial charge in [0.05, 0.1) is 38.1 Å². The first kappa shape index (κ1) is 62.7. The van der Waals surface area contributed by atoms with Gasteiger partial charge in [-0.05, 0) is 38.0 Å². The molecule has 0 amide bonds. The number of esters is 2. The number of phosphoric acid groups is 2. The third-order valence-corrected chi connectivity index (χ3v) is 11.7. The van der Waals surface area contributed by atoms with Crippen LogP contribution in [0.4, 0.5) is 0 Å². The van der Waals surface area contributed by atoms with Crippen molar-refractivity contribution < 1.29 is 76.9 Å². The Morgan fingerprint density at radius 3 is 1.65 bits per heavy atom. The molecule has 378 valence electrons. The molecular weight excluding hydrogens is 882 g/mol. The van der Waals surface area contributed by atoms with Gasteiger partial charge in [0.2, 0.25) is 0 Å². The van der Waals surface area contributed by atoms with Crippen molar-refractivity contribution in [2.24, 2.45) is 5.92 Å². The summed E-state index contributed by atoms with van der Waals surface area (Å²) in [6.07, 6.45) is 31.5. The average Bonchev–Trinajstić information content (AvgIpc) is 3.26. The second kappa shape index (κ2) is 40.7. The quantitative estimate of drug-likeness (QED) is 0.00988. The Kier molecular flexibility index (Phi) is 39.3. The van der Waals surface area contributed by atoms with Crippen molar-refractivity contribution in [2.45, 2.75) is 193 Å². The van der Waals surface area contributed by atoms with E-state index in [1.807, 2.05) is 19.1 Å². The van der Waals surface area contributed by atoms with Gasteiger partial charge in [-0.3, -0.25) is 23.2 Å². The molecule has 7 atom stereocenters. The van der Waals surface area contributed by atoms with E-state index in [1.54, 1.807) is 42.5 Å². The number of hydrogen-bond donors (Lipinski definition) is 7. The van der Waals surface area contributed by atoms with Crippen molar-refractivity contribution in [1.82, 2.24) is 0 Å². The molecule has 0 aliphatic rings. The van der Waals surface area contributed by atoms with Crippen molar-refractivity contribution in [1.29, 1.82) is 0 Å². The van der Waals surface area contributed by atoms with E-state index in [1.165, 1.54) is 76.7 Å². The van der Waals surface area contributed by atoms with Gasteiger partial charge in [0.25, 0.3) is 0 Å². The van der Waals surface area contributed by atoms with Crippen molar-refractivity contribution in [2.75, 3.05) is 26.4 Å². The molecule has 0 bridgehead atoms. The molecule has 0 rings (SSSR count). The van der Waals surface area contributed by atoms with Crippen LogP contribution in [0, 0.1) is 5.92 Å². The molecule has 2 unspecified atom stereocenters. The number of hydrogen-bond acceptors (Lipinski definition) is 13. The normalized spacial score (nSPS) is 16.4. The molecule has 0 saturated carbocycles. The van der Waals surface area contributed by atoms with Gasteiger partial charge >= 0.3 is 27.6 Å². The van der Waals surface area contributed by atoms with Crippen LogP contribution < -0.4 is 0 Å².